The molecule has 0 aromatic rings. The molecule has 0 aromatic carbocycles. The van der Waals surface area contributed by atoms with E-state index in [-0.39, 0.29) is 87.6 Å². The summed E-state index contributed by atoms with van der Waals surface area (Å²) in [6, 6.07) is -3.67. The molecular weight excluding hydrogens is 925 g/mol. The number of hydrogen-bond acceptors (Lipinski definition) is 15. The molecule has 0 radical (unpaired) electrons. The second-order valence-corrected chi connectivity index (χ2v) is 18.4. The van der Waals surface area contributed by atoms with Crippen LogP contribution in [0.25, 0.3) is 0 Å². The number of hydrogen-bond donors (Lipinski definition) is 10. The largest absolute Gasteiger partial charge is 0.481 e. The van der Waals surface area contributed by atoms with Gasteiger partial charge in [0, 0.05) is 88.9 Å². The lowest BCUT2D eigenvalue weighted by Crippen LogP contribution is -2.51. The number of rotatable bonds is 24. The van der Waals surface area contributed by atoms with E-state index in [2.05, 4.69) is 33.4 Å². The van der Waals surface area contributed by atoms with Crippen molar-refractivity contribution in [3.63, 3.8) is 0 Å². The summed E-state index contributed by atoms with van der Waals surface area (Å²) < 4.78 is 0. The molecule has 3 rings (SSSR count). The molecule has 396 valence electrons. The molecule has 6 amide bonds. The number of aliphatic carboxylic acids is 5. The van der Waals surface area contributed by atoms with Gasteiger partial charge in [-0.1, -0.05) is 6.92 Å². The number of carboxylic acids is 5. The van der Waals surface area contributed by atoms with Crippen LogP contribution in [-0.2, 0) is 43.2 Å². The number of carbonyl (C=O) groups excluding carboxylic acids is 5. The second-order valence-electron chi connectivity index (χ2n) is 18.4. The van der Waals surface area contributed by atoms with Crippen LogP contribution in [0.4, 0.5) is 4.79 Å². The van der Waals surface area contributed by atoms with E-state index in [0.717, 1.165) is 51.4 Å². The number of urea groups is 1. The molecule has 0 spiro atoms. The van der Waals surface area contributed by atoms with Crippen LogP contribution in [0, 0.1) is 28.6 Å². The second kappa shape index (κ2) is 32.9. The van der Waals surface area contributed by atoms with Crippen LogP contribution in [0.1, 0.15) is 90.4 Å². The number of nitroso groups, excluding NO2 is 1. The first-order chi connectivity index (χ1) is 33.1. The molecule has 2 saturated carbocycles. The van der Waals surface area contributed by atoms with E-state index < -0.39 is 60.3 Å². The monoisotopic (exact) mass is 999 g/mol. The fourth-order valence-corrected chi connectivity index (χ4v) is 8.47. The number of primary amides is 1. The molecule has 1 heterocycles. The Morgan fingerprint density at radius 1 is 0.571 bits per heavy atom. The summed E-state index contributed by atoms with van der Waals surface area (Å²) in [6.07, 6.45) is 7.24. The average molecular weight is 999 g/mol. The Morgan fingerprint density at radius 2 is 1.03 bits per heavy atom. The highest BCUT2D eigenvalue weighted by atomic mass is 16.4. The van der Waals surface area contributed by atoms with E-state index in [0.29, 0.717) is 71.1 Å². The van der Waals surface area contributed by atoms with Crippen LogP contribution in [0.15, 0.2) is 5.18 Å². The maximum atomic E-state index is 12.8. The fourth-order valence-electron chi connectivity index (χ4n) is 8.47. The van der Waals surface area contributed by atoms with E-state index in [1.807, 2.05) is 4.90 Å². The molecule has 1 saturated heterocycles. The zero-order chi connectivity index (χ0) is 52.2. The molecule has 11 N–H and O–H groups in total. The van der Waals surface area contributed by atoms with E-state index in [1.54, 1.807) is 14.7 Å². The van der Waals surface area contributed by atoms with Crippen LogP contribution < -0.4 is 27.0 Å². The number of carboxylic acid groups (broad SMARTS) is 5. The first-order valence-electron chi connectivity index (χ1n) is 23.9. The Hall–Kier alpha value is -5.86. The molecule has 26 heteroatoms. The topological polar surface area (TPSA) is 388 Å². The van der Waals surface area contributed by atoms with Gasteiger partial charge in [0.2, 0.25) is 17.7 Å². The van der Waals surface area contributed by atoms with Crippen molar-refractivity contribution in [2.75, 3.05) is 91.6 Å². The third-order valence-corrected chi connectivity index (χ3v) is 12.8. The van der Waals surface area contributed by atoms with Gasteiger partial charge in [0.1, 0.15) is 12.1 Å². The van der Waals surface area contributed by atoms with Crippen LogP contribution in [0.5, 0.6) is 0 Å². The lowest BCUT2D eigenvalue weighted by atomic mass is 9.81. The summed E-state index contributed by atoms with van der Waals surface area (Å²) in [5.74, 6) is -6.32. The van der Waals surface area contributed by atoms with Crippen molar-refractivity contribution in [2.24, 2.45) is 34.6 Å². The minimum atomic E-state index is -1.44. The van der Waals surface area contributed by atoms with Crippen molar-refractivity contribution in [3.8, 4) is 0 Å². The first kappa shape index (κ1) is 60.3. The quantitative estimate of drug-likeness (QED) is 0.0420. The molecule has 0 bridgehead atoms. The van der Waals surface area contributed by atoms with Gasteiger partial charge < -0.3 is 52.5 Å². The number of nitrogens with one attached hydrogen (secondary N) is 4. The Balaban J connectivity index is 0.000000493. The summed E-state index contributed by atoms with van der Waals surface area (Å²) in [6.45, 7) is 5.06. The zero-order valence-electron chi connectivity index (χ0n) is 40.1. The SMILES string of the molecule is CC1CCC(C(=O)NCCCC[C@H](NC(=O)NC(CCC(=O)O)C(=O)O)C(=O)O)CC1.NC(=O)C1CCC(CNC(=O)CN2CCN(CC(=O)O)CCN(CC(=O)N=O)CCN(CC(=O)O)CC2)CC1. The van der Waals surface area contributed by atoms with Crippen molar-refractivity contribution in [1.29, 1.82) is 0 Å². The summed E-state index contributed by atoms with van der Waals surface area (Å²) in [7, 11) is 0. The van der Waals surface area contributed by atoms with Crippen molar-refractivity contribution in [2.45, 2.75) is 102 Å². The van der Waals surface area contributed by atoms with Crippen molar-refractivity contribution in [1.82, 2.24) is 40.9 Å². The molecule has 3 aliphatic rings. The number of amides is 6. The summed E-state index contributed by atoms with van der Waals surface area (Å²) in [4.78, 5) is 133. The molecular formula is C44H74N10O16. The molecule has 26 nitrogen and oxygen atoms in total. The highest BCUT2D eigenvalue weighted by Crippen LogP contribution is 2.29. The highest BCUT2D eigenvalue weighted by Gasteiger charge is 2.28. The molecule has 70 heavy (non-hydrogen) atoms. The molecule has 0 aromatic heterocycles. The third kappa shape index (κ3) is 26.2. The van der Waals surface area contributed by atoms with Gasteiger partial charge in [-0.15, -0.1) is 4.91 Å². The molecule has 3 fully saturated rings. The molecule has 2 aliphatic carbocycles. The Labute approximate surface area is 406 Å². The van der Waals surface area contributed by atoms with Crippen molar-refractivity contribution >= 4 is 59.5 Å². The van der Waals surface area contributed by atoms with Gasteiger partial charge in [-0.3, -0.25) is 53.2 Å². The van der Waals surface area contributed by atoms with Gasteiger partial charge in [-0.2, -0.15) is 0 Å². The smallest absolute Gasteiger partial charge is 0.326 e. The summed E-state index contributed by atoms with van der Waals surface area (Å²) in [5.41, 5.74) is 5.39. The van der Waals surface area contributed by atoms with E-state index in [1.165, 1.54) is 0 Å². The van der Waals surface area contributed by atoms with Crippen LogP contribution >= 0.6 is 0 Å². The lowest BCUT2D eigenvalue weighted by Gasteiger charge is -2.33. The zero-order valence-corrected chi connectivity index (χ0v) is 40.1. The molecule has 1 unspecified atom stereocenters. The van der Waals surface area contributed by atoms with E-state index in [4.69, 9.17) is 15.9 Å². The maximum absolute atomic E-state index is 12.8. The third-order valence-electron chi connectivity index (χ3n) is 12.8. The standard InChI is InChI=1S/C24H41N7O8.C20H33N3O8/c25-24(38)19-3-1-18(2-4-19)13-26-20(32)14-28-5-9-30(16-22(34)35)11-7-29(15-21(33)27-39)8-12-31(10-6-28)17-23(36)37;1-12-5-7-13(8-6-12)17(26)21-11-3-2-4-14(18(27)28)22-20(31)23-15(19(29)30)9-10-16(24)25/h18-19H,1-17H2,(H2,25,38)(H,26,32)(H,34,35)(H,36,37);12-15H,2-11H2,1H3,(H,21,26)(H,24,25)(H,27,28)(H,29,30)(H2,22,23,31)/t;12?,13?,14-,15?/m.0/s1. The van der Waals surface area contributed by atoms with Crippen molar-refractivity contribution in [3.05, 3.63) is 4.91 Å². The number of nitrogens with zero attached hydrogens (tertiary/aromatic N) is 5. The van der Waals surface area contributed by atoms with Crippen molar-refractivity contribution < 1.29 is 73.5 Å². The fraction of sp³-hybridized carbons (Fsp3) is 0.773. The van der Waals surface area contributed by atoms with Gasteiger partial charge in [0.15, 0.2) is 0 Å². The number of unbranched alkanes of at least 4 members (excludes halogenated alkanes) is 1. The van der Waals surface area contributed by atoms with Crippen LogP contribution in [0.2, 0.25) is 0 Å². The Kier molecular flexibility index (Phi) is 28.3. The van der Waals surface area contributed by atoms with Gasteiger partial charge in [-0.25, -0.2) is 14.4 Å². The van der Waals surface area contributed by atoms with Gasteiger partial charge in [-0.05, 0) is 88.9 Å². The first-order valence-corrected chi connectivity index (χ1v) is 23.9. The van der Waals surface area contributed by atoms with E-state index >= 15 is 0 Å². The summed E-state index contributed by atoms with van der Waals surface area (Å²) >= 11 is 0. The van der Waals surface area contributed by atoms with Crippen LogP contribution in [-0.4, -0.2) is 208 Å². The average Bonchev–Trinajstić information content (AvgIpc) is 3.29. The highest BCUT2D eigenvalue weighted by molar-refractivity contribution is 5.86. The summed E-state index contributed by atoms with van der Waals surface area (Å²) in [5, 5.41) is 58.2. The predicted octanol–water partition coefficient (Wildman–Crippen LogP) is -0.752. The Morgan fingerprint density at radius 3 is 1.47 bits per heavy atom. The number of carbonyl (C=O) groups is 10. The predicted molar refractivity (Wildman–Crippen MR) is 249 cm³/mol. The minimum absolute atomic E-state index is 0.0280. The normalized spacial score (nSPS) is 21.8. The Bertz CT molecular complexity index is 1730. The minimum Gasteiger partial charge on any atom is -0.481 e. The lowest BCUT2D eigenvalue weighted by molar-refractivity contribution is -0.141. The molecule has 2 atom stereocenters. The van der Waals surface area contributed by atoms with Gasteiger partial charge in [0.25, 0.3) is 5.91 Å². The molecule has 1 aliphatic heterocycles. The number of nitrogens with two attached hydrogens (primary N) is 1. The van der Waals surface area contributed by atoms with E-state index in [9.17, 15) is 68.2 Å². The van der Waals surface area contributed by atoms with Gasteiger partial charge >= 0.3 is 35.9 Å². The maximum Gasteiger partial charge on any atom is 0.326 e. The van der Waals surface area contributed by atoms with Gasteiger partial charge in [0.05, 0.1) is 26.2 Å². The van der Waals surface area contributed by atoms with Crippen LogP contribution in [0.3, 0.4) is 0 Å².